The molecular weight excluding hydrogens is 292 g/mol. The van der Waals surface area contributed by atoms with E-state index in [1.165, 1.54) is 0 Å². The molecule has 5 nitrogen and oxygen atoms in total. The summed E-state index contributed by atoms with van der Waals surface area (Å²) in [7, 11) is 0. The van der Waals surface area contributed by atoms with E-state index in [4.69, 9.17) is 10.6 Å². The lowest BCUT2D eigenvalue weighted by Crippen LogP contribution is -2.42. The molecule has 120 valence electrons. The number of unbranched alkanes of at least 4 members (excludes halogenated alkanes) is 1. The minimum atomic E-state index is -0.516. The van der Waals surface area contributed by atoms with Crippen molar-refractivity contribution in [1.29, 1.82) is 0 Å². The summed E-state index contributed by atoms with van der Waals surface area (Å²) in [6.45, 7) is 1.97. The van der Waals surface area contributed by atoms with Gasteiger partial charge in [0.25, 0.3) is 5.91 Å². The van der Waals surface area contributed by atoms with Gasteiger partial charge in [0.1, 0.15) is 11.5 Å². The van der Waals surface area contributed by atoms with Crippen LogP contribution in [0, 0.1) is 0 Å². The third kappa shape index (κ3) is 4.66. The molecule has 0 aliphatic rings. The number of imide groups is 1. The van der Waals surface area contributed by atoms with E-state index in [2.05, 4.69) is 0 Å². The zero-order valence-corrected chi connectivity index (χ0v) is 13.1. The molecule has 5 heteroatoms. The fraction of sp³-hybridized carbons (Fsp3) is 0.222. The van der Waals surface area contributed by atoms with Crippen LogP contribution in [-0.2, 0) is 4.79 Å². The first-order chi connectivity index (χ1) is 11.1. The van der Waals surface area contributed by atoms with E-state index < -0.39 is 5.91 Å². The van der Waals surface area contributed by atoms with Crippen LogP contribution in [-0.4, -0.2) is 16.8 Å². The van der Waals surface area contributed by atoms with Gasteiger partial charge in [-0.15, -0.1) is 0 Å². The molecule has 2 aromatic rings. The first-order valence-corrected chi connectivity index (χ1v) is 7.56. The molecule has 0 heterocycles. The van der Waals surface area contributed by atoms with Gasteiger partial charge in [-0.25, -0.2) is 10.9 Å². The normalized spacial score (nSPS) is 10.2. The molecule has 0 fully saturated rings. The monoisotopic (exact) mass is 312 g/mol. The number of hydrogen-bond donors (Lipinski definition) is 1. The molecule has 0 atom stereocenters. The Labute approximate surface area is 135 Å². The largest absolute Gasteiger partial charge is 0.457 e. The maximum atomic E-state index is 12.2. The van der Waals surface area contributed by atoms with Crippen molar-refractivity contribution in [3.8, 4) is 11.5 Å². The number of ether oxygens (including phenoxy) is 1. The van der Waals surface area contributed by atoms with Crippen LogP contribution in [0.4, 0.5) is 0 Å². The predicted molar refractivity (Wildman–Crippen MR) is 87.8 cm³/mol. The zero-order chi connectivity index (χ0) is 16.7. The van der Waals surface area contributed by atoms with Crippen LogP contribution in [0.3, 0.4) is 0 Å². The van der Waals surface area contributed by atoms with Crippen molar-refractivity contribution in [3.05, 3.63) is 60.2 Å². The summed E-state index contributed by atoms with van der Waals surface area (Å²) in [6.07, 6.45) is 1.86. The quantitative estimate of drug-likeness (QED) is 0.503. The molecule has 0 saturated carbocycles. The molecule has 23 heavy (non-hydrogen) atoms. The number of para-hydroxylation sites is 1. The Hall–Kier alpha value is -2.66. The first-order valence-electron chi connectivity index (χ1n) is 7.56. The molecule has 2 amide bonds. The number of carbonyl (C=O) groups excluding carboxylic acids is 2. The third-order valence-electron chi connectivity index (χ3n) is 3.31. The SMILES string of the molecule is CCCCC(=O)N(N)C(=O)c1ccc(Oc2ccccc2)cc1. The zero-order valence-electron chi connectivity index (χ0n) is 13.1. The van der Waals surface area contributed by atoms with Gasteiger partial charge < -0.3 is 4.74 Å². The highest BCUT2D eigenvalue weighted by Crippen LogP contribution is 2.21. The molecule has 0 radical (unpaired) electrons. The van der Waals surface area contributed by atoms with Crippen molar-refractivity contribution >= 4 is 11.8 Å². The van der Waals surface area contributed by atoms with Gasteiger partial charge in [-0.1, -0.05) is 31.5 Å². The second-order valence-corrected chi connectivity index (χ2v) is 5.11. The molecule has 0 spiro atoms. The number of benzene rings is 2. The highest BCUT2D eigenvalue weighted by Gasteiger charge is 2.18. The van der Waals surface area contributed by atoms with Gasteiger partial charge in [-0.2, -0.15) is 0 Å². The van der Waals surface area contributed by atoms with Crippen molar-refractivity contribution < 1.29 is 14.3 Å². The van der Waals surface area contributed by atoms with Gasteiger partial charge in [-0.05, 0) is 42.8 Å². The van der Waals surface area contributed by atoms with Gasteiger partial charge in [0.15, 0.2) is 0 Å². The van der Waals surface area contributed by atoms with Crippen molar-refractivity contribution in [2.45, 2.75) is 26.2 Å². The molecule has 0 aromatic heterocycles. The van der Waals surface area contributed by atoms with Crippen LogP contribution >= 0.6 is 0 Å². The van der Waals surface area contributed by atoms with E-state index in [0.29, 0.717) is 28.5 Å². The summed E-state index contributed by atoms with van der Waals surface area (Å²) in [6, 6.07) is 15.9. The second kappa shape index (κ2) is 8.10. The molecule has 0 saturated heterocycles. The maximum absolute atomic E-state index is 12.2. The van der Waals surface area contributed by atoms with Crippen molar-refractivity contribution in [3.63, 3.8) is 0 Å². The lowest BCUT2D eigenvalue weighted by atomic mass is 10.2. The van der Waals surface area contributed by atoms with E-state index in [0.717, 1.165) is 6.42 Å². The minimum absolute atomic E-state index is 0.272. The lowest BCUT2D eigenvalue weighted by Gasteiger charge is -2.15. The highest BCUT2D eigenvalue weighted by molar-refractivity contribution is 6.04. The summed E-state index contributed by atoms with van der Waals surface area (Å²) in [5, 5.41) is 0.683. The highest BCUT2D eigenvalue weighted by atomic mass is 16.5. The maximum Gasteiger partial charge on any atom is 0.274 e. The first kappa shape index (κ1) is 16.7. The van der Waals surface area contributed by atoms with E-state index in [1.54, 1.807) is 24.3 Å². The van der Waals surface area contributed by atoms with E-state index in [9.17, 15) is 9.59 Å². The summed E-state index contributed by atoms with van der Waals surface area (Å²) >= 11 is 0. The number of rotatable bonds is 6. The molecular formula is C18H20N2O3. The number of nitrogens with zero attached hydrogens (tertiary/aromatic N) is 1. The minimum Gasteiger partial charge on any atom is -0.457 e. The number of hydrazine groups is 1. The molecule has 0 unspecified atom stereocenters. The smallest absolute Gasteiger partial charge is 0.274 e. The fourth-order valence-electron chi connectivity index (χ4n) is 1.99. The van der Waals surface area contributed by atoms with E-state index in [1.807, 2.05) is 37.3 Å². The standard InChI is InChI=1S/C18H20N2O3/c1-2-3-9-17(21)20(19)18(22)14-10-12-16(13-11-14)23-15-7-5-4-6-8-15/h4-8,10-13H,2-3,9,19H2,1H3. The number of hydrogen-bond acceptors (Lipinski definition) is 4. The van der Waals surface area contributed by atoms with Crippen molar-refractivity contribution in [2.75, 3.05) is 0 Å². The van der Waals surface area contributed by atoms with Gasteiger partial charge in [-0.3, -0.25) is 9.59 Å². The van der Waals surface area contributed by atoms with Gasteiger partial charge in [0.05, 0.1) is 0 Å². The molecule has 2 N–H and O–H groups in total. The van der Waals surface area contributed by atoms with Gasteiger partial charge >= 0.3 is 0 Å². The van der Waals surface area contributed by atoms with E-state index >= 15 is 0 Å². The summed E-state index contributed by atoms with van der Waals surface area (Å²) in [5.74, 6) is 6.02. The van der Waals surface area contributed by atoms with E-state index in [-0.39, 0.29) is 12.3 Å². The molecule has 0 bridgehead atoms. The van der Waals surface area contributed by atoms with Crippen LogP contribution in [0.15, 0.2) is 54.6 Å². The van der Waals surface area contributed by atoms with Gasteiger partial charge in [0.2, 0.25) is 5.91 Å². The van der Waals surface area contributed by atoms with Crippen LogP contribution in [0.25, 0.3) is 0 Å². The Morgan fingerprint density at radius 3 is 2.22 bits per heavy atom. The average molecular weight is 312 g/mol. The summed E-state index contributed by atoms with van der Waals surface area (Å²) in [4.78, 5) is 23.9. The predicted octanol–water partition coefficient (Wildman–Crippen LogP) is 3.51. The number of carbonyl (C=O) groups is 2. The third-order valence-corrected chi connectivity index (χ3v) is 3.31. The Morgan fingerprint density at radius 1 is 1.00 bits per heavy atom. The lowest BCUT2D eigenvalue weighted by molar-refractivity contribution is -0.128. The van der Waals surface area contributed by atoms with Gasteiger partial charge in [0, 0.05) is 12.0 Å². The van der Waals surface area contributed by atoms with Crippen LogP contribution < -0.4 is 10.6 Å². The van der Waals surface area contributed by atoms with Crippen LogP contribution in [0.5, 0.6) is 11.5 Å². The molecule has 0 aliphatic heterocycles. The molecule has 0 aliphatic carbocycles. The summed E-state index contributed by atoms with van der Waals surface area (Å²) < 4.78 is 5.65. The second-order valence-electron chi connectivity index (χ2n) is 5.11. The average Bonchev–Trinajstić information content (AvgIpc) is 2.60. The summed E-state index contributed by atoms with van der Waals surface area (Å²) in [5.41, 5.74) is 0.345. The Bertz CT molecular complexity index is 654. The van der Waals surface area contributed by atoms with Crippen molar-refractivity contribution in [1.82, 2.24) is 5.01 Å². The number of nitrogens with two attached hydrogens (primary N) is 1. The number of amides is 2. The molecule has 2 aromatic carbocycles. The Kier molecular flexibility index (Phi) is 5.88. The fourth-order valence-corrected chi connectivity index (χ4v) is 1.99. The topological polar surface area (TPSA) is 72.6 Å². The Morgan fingerprint density at radius 2 is 1.61 bits per heavy atom. The Balaban J connectivity index is 2.01. The van der Waals surface area contributed by atoms with Crippen LogP contribution in [0.1, 0.15) is 36.5 Å². The van der Waals surface area contributed by atoms with Crippen LogP contribution in [0.2, 0.25) is 0 Å². The van der Waals surface area contributed by atoms with Crippen molar-refractivity contribution in [2.24, 2.45) is 5.84 Å². The molecule has 2 rings (SSSR count).